The topological polar surface area (TPSA) is 78.6 Å². The summed E-state index contributed by atoms with van der Waals surface area (Å²) < 4.78 is 19.6. The van der Waals surface area contributed by atoms with E-state index in [1.165, 1.54) is 16.9 Å². The summed E-state index contributed by atoms with van der Waals surface area (Å²) in [6.45, 7) is 0.278. The smallest absolute Gasteiger partial charge is 0.223 e. The van der Waals surface area contributed by atoms with Crippen molar-refractivity contribution in [2.24, 2.45) is 0 Å². The number of pyridine rings is 2. The van der Waals surface area contributed by atoms with E-state index in [0.29, 0.717) is 23.0 Å². The standard InChI is InChI=1S/C18H13FN6O/c19-14-8-15(10-16(9-14)26-12-13-4-3-6-20-11-13)25-23-18(22-24-25)17-5-1-2-7-21-17/h1-11H,12H2. The van der Waals surface area contributed by atoms with Crippen LogP contribution in [0.15, 0.2) is 67.1 Å². The lowest BCUT2D eigenvalue weighted by Gasteiger charge is -2.08. The second kappa shape index (κ2) is 7.06. The van der Waals surface area contributed by atoms with Crippen LogP contribution in [0.2, 0.25) is 0 Å². The van der Waals surface area contributed by atoms with Crippen molar-refractivity contribution in [3.05, 3.63) is 78.5 Å². The Labute approximate surface area is 148 Å². The van der Waals surface area contributed by atoms with Crippen molar-refractivity contribution in [2.75, 3.05) is 0 Å². The Kier molecular flexibility index (Phi) is 4.29. The van der Waals surface area contributed by atoms with Crippen LogP contribution in [0.1, 0.15) is 5.56 Å². The van der Waals surface area contributed by atoms with Crippen LogP contribution < -0.4 is 4.74 Å². The Bertz CT molecular complexity index is 1010. The predicted molar refractivity (Wildman–Crippen MR) is 90.9 cm³/mol. The molecule has 4 rings (SSSR count). The van der Waals surface area contributed by atoms with Gasteiger partial charge in [-0.15, -0.1) is 15.0 Å². The zero-order valence-electron chi connectivity index (χ0n) is 13.5. The third kappa shape index (κ3) is 3.54. The van der Waals surface area contributed by atoms with Gasteiger partial charge in [-0.3, -0.25) is 9.97 Å². The SMILES string of the molecule is Fc1cc(OCc2cccnc2)cc(-n2nnc(-c3ccccn3)n2)c1. The zero-order chi connectivity index (χ0) is 17.8. The van der Waals surface area contributed by atoms with Crippen LogP contribution in [0.25, 0.3) is 17.2 Å². The van der Waals surface area contributed by atoms with Crippen molar-refractivity contribution in [1.82, 2.24) is 30.2 Å². The summed E-state index contributed by atoms with van der Waals surface area (Å²) in [5.41, 5.74) is 1.87. The van der Waals surface area contributed by atoms with Gasteiger partial charge in [-0.1, -0.05) is 12.1 Å². The number of tetrazole rings is 1. The molecule has 0 atom stereocenters. The highest BCUT2D eigenvalue weighted by Crippen LogP contribution is 2.20. The van der Waals surface area contributed by atoms with Crippen LogP contribution in [-0.2, 0) is 6.61 Å². The van der Waals surface area contributed by atoms with E-state index in [9.17, 15) is 4.39 Å². The van der Waals surface area contributed by atoms with E-state index in [0.717, 1.165) is 5.56 Å². The molecule has 7 nitrogen and oxygen atoms in total. The van der Waals surface area contributed by atoms with Crippen molar-refractivity contribution in [3.8, 4) is 23.0 Å². The molecule has 0 spiro atoms. The Morgan fingerprint density at radius 1 is 1.04 bits per heavy atom. The number of nitrogens with zero attached hydrogens (tertiary/aromatic N) is 6. The van der Waals surface area contributed by atoms with Gasteiger partial charge in [0.2, 0.25) is 5.82 Å². The molecule has 4 aromatic rings. The fraction of sp³-hybridized carbons (Fsp3) is 0.0556. The highest BCUT2D eigenvalue weighted by Gasteiger charge is 2.10. The van der Waals surface area contributed by atoms with Crippen LogP contribution in [0.4, 0.5) is 4.39 Å². The highest BCUT2D eigenvalue weighted by molar-refractivity contribution is 5.47. The Morgan fingerprint density at radius 2 is 2.00 bits per heavy atom. The molecule has 0 fully saturated rings. The van der Waals surface area contributed by atoms with Gasteiger partial charge in [0.1, 0.15) is 23.9 Å². The van der Waals surface area contributed by atoms with Gasteiger partial charge in [-0.2, -0.15) is 0 Å². The predicted octanol–water partition coefficient (Wildman–Crippen LogP) is 2.84. The minimum Gasteiger partial charge on any atom is -0.489 e. The molecule has 0 N–H and O–H groups in total. The molecule has 0 amide bonds. The minimum absolute atomic E-state index is 0.278. The number of ether oxygens (including phenoxy) is 1. The largest absolute Gasteiger partial charge is 0.489 e. The maximum Gasteiger partial charge on any atom is 0.223 e. The monoisotopic (exact) mass is 348 g/mol. The average molecular weight is 348 g/mol. The van der Waals surface area contributed by atoms with Gasteiger partial charge in [-0.25, -0.2) is 4.39 Å². The first-order chi connectivity index (χ1) is 12.8. The van der Waals surface area contributed by atoms with Crippen molar-refractivity contribution >= 4 is 0 Å². The Morgan fingerprint density at radius 3 is 2.81 bits per heavy atom. The van der Waals surface area contributed by atoms with Crippen LogP contribution in [0.5, 0.6) is 5.75 Å². The molecule has 0 bridgehead atoms. The van der Waals surface area contributed by atoms with Crippen LogP contribution in [0, 0.1) is 5.82 Å². The van der Waals surface area contributed by atoms with Gasteiger partial charge < -0.3 is 4.74 Å². The number of aromatic nitrogens is 6. The van der Waals surface area contributed by atoms with Crippen molar-refractivity contribution < 1.29 is 9.13 Å². The molecule has 8 heteroatoms. The van der Waals surface area contributed by atoms with E-state index in [4.69, 9.17) is 4.74 Å². The van der Waals surface area contributed by atoms with Crippen LogP contribution in [-0.4, -0.2) is 30.2 Å². The van der Waals surface area contributed by atoms with E-state index < -0.39 is 5.82 Å². The number of benzene rings is 1. The lowest BCUT2D eigenvalue weighted by molar-refractivity contribution is 0.304. The molecule has 0 radical (unpaired) electrons. The Balaban J connectivity index is 1.57. The maximum absolute atomic E-state index is 14.0. The van der Waals surface area contributed by atoms with Gasteiger partial charge in [0, 0.05) is 42.4 Å². The molecule has 3 heterocycles. The van der Waals surface area contributed by atoms with Gasteiger partial charge in [0.05, 0.1) is 5.69 Å². The van der Waals surface area contributed by atoms with Crippen molar-refractivity contribution in [3.63, 3.8) is 0 Å². The number of rotatable bonds is 5. The van der Waals surface area contributed by atoms with E-state index in [1.54, 1.807) is 36.8 Å². The molecule has 0 unspecified atom stereocenters. The maximum atomic E-state index is 14.0. The average Bonchev–Trinajstić information content (AvgIpc) is 3.18. The number of halogens is 1. The summed E-state index contributed by atoms with van der Waals surface area (Å²) in [7, 11) is 0. The molecule has 3 aromatic heterocycles. The summed E-state index contributed by atoms with van der Waals surface area (Å²) in [5.74, 6) is 0.258. The van der Waals surface area contributed by atoms with Crippen molar-refractivity contribution in [2.45, 2.75) is 6.61 Å². The van der Waals surface area contributed by atoms with Crippen LogP contribution >= 0.6 is 0 Å². The number of hydrogen-bond donors (Lipinski definition) is 0. The molecule has 1 aromatic carbocycles. The third-order valence-electron chi connectivity index (χ3n) is 3.52. The first-order valence-electron chi connectivity index (χ1n) is 7.82. The molecule has 0 saturated carbocycles. The summed E-state index contributed by atoms with van der Waals surface area (Å²) in [6, 6.07) is 13.3. The lowest BCUT2D eigenvalue weighted by Crippen LogP contribution is -2.02. The van der Waals surface area contributed by atoms with Gasteiger partial charge >= 0.3 is 0 Å². The second-order valence-electron chi connectivity index (χ2n) is 5.41. The molecule has 0 aliphatic carbocycles. The first kappa shape index (κ1) is 15.8. The zero-order valence-corrected chi connectivity index (χ0v) is 13.5. The van der Waals surface area contributed by atoms with Gasteiger partial charge in [-0.05, 0) is 23.4 Å². The van der Waals surface area contributed by atoms with E-state index >= 15 is 0 Å². The van der Waals surface area contributed by atoms with E-state index in [2.05, 4.69) is 25.4 Å². The Hall–Kier alpha value is -3.68. The fourth-order valence-electron chi connectivity index (χ4n) is 2.32. The summed E-state index contributed by atoms with van der Waals surface area (Å²) >= 11 is 0. The molecule has 128 valence electrons. The third-order valence-corrected chi connectivity index (χ3v) is 3.52. The summed E-state index contributed by atoms with van der Waals surface area (Å²) in [6.07, 6.45) is 5.01. The van der Waals surface area contributed by atoms with Crippen molar-refractivity contribution in [1.29, 1.82) is 0 Å². The van der Waals surface area contributed by atoms with Gasteiger partial charge in [0.15, 0.2) is 0 Å². The molecule has 0 aliphatic rings. The molecular formula is C18H13FN6O. The molecular weight excluding hydrogens is 335 g/mol. The lowest BCUT2D eigenvalue weighted by atomic mass is 10.3. The second-order valence-corrected chi connectivity index (χ2v) is 5.41. The minimum atomic E-state index is -0.458. The molecule has 0 aliphatic heterocycles. The fourth-order valence-corrected chi connectivity index (χ4v) is 2.32. The molecule has 0 saturated heterocycles. The quantitative estimate of drug-likeness (QED) is 0.552. The summed E-state index contributed by atoms with van der Waals surface area (Å²) in [4.78, 5) is 9.43. The van der Waals surface area contributed by atoms with Crippen LogP contribution in [0.3, 0.4) is 0 Å². The molecule has 26 heavy (non-hydrogen) atoms. The van der Waals surface area contributed by atoms with E-state index in [-0.39, 0.29) is 6.61 Å². The normalized spacial score (nSPS) is 10.7. The summed E-state index contributed by atoms with van der Waals surface area (Å²) in [5, 5.41) is 12.2. The van der Waals surface area contributed by atoms with E-state index in [1.807, 2.05) is 18.2 Å². The van der Waals surface area contributed by atoms with Gasteiger partial charge in [0.25, 0.3) is 0 Å². The highest BCUT2D eigenvalue weighted by atomic mass is 19.1. The number of hydrogen-bond acceptors (Lipinski definition) is 6. The first-order valence-corrected chi connectivity index (χ1v) is 7.82.